The molecule has 0 aliphatic heterocycles. The quantitative estimate of drug-likeness (QED) is 0.801. The summed E-state index contributed by atoms with van der Waals surface area (Å²) in [5.41, 5.74) is 1.54. The molecule has 0 saturated heterocycles. The minimum atomic E-state index is -0.117. The molecule has 0 aliphatic carbocycles. The summed E-state index contributed by atoms with van der Waals surface area (Å²) in [6.45, 7) is 2.46. The van der Waals surface area contributed by atoms with Crippen molar-refractivity contribution in [1.29, 1.82) is 0 Å². The maximum atomic E-state index is 12.0. The molecule has 0 saturated carbocycles. The van der Waals surface area contributed by atoms with Gasteiger partial charge in [-0.25, -0.2) is 4.98 Å². The minimum Gasteiger partial charge on any atom is -0.347 e. The molecule has 3 rings (SSSR count). The Hall–Kier alpha value is -2.05. The third-order valence-corrected chi connectivity index (χ3v) is 5.15. The molecular weight excluding hydrogens is 302 g/mol. The van der Waals surface area contributed by atoms with Crippen molar-refractivity contribution in [3.63, 3.8) is 0 Å². The Kier molecular flexibility index (Phi) is 4.08. The van der Waals surface area contributed by atoms with Crippen LogP contribution in [0, 0.1) is 6.92 Å². The summed E-state index contributed by atoms with van der Waals surface area (Å²) in [6.07, 6.45) is 3.21. The number of nitrogens with one attached hydrogen (secondary N) is 1. The maximum absolute atomic E-state index is 12.0. The van der Waals surface area contributed by atoms with E-state index in [2.05, 4.69) is 21.4 Å². The molecule has 0 spiro atoms. The molecule has 0 fully saturated rings. The van der Waals surface area contributed by atoms with E-state index in [1.54, 1.807) is 47.2 Å². The Morgan fingerprint density at radius 3 is 2.95 bits per heavy atom. The molecule has 3 heterocycles. The number of rotatable bonds is 4. The van der Waals surface area contributed by atoms with E-state index in [4.69, 9.17) is 0 Å². The maximum Gasteiger partial charge on any atom is 0.253 e. The van der Waals surface area contributed by atoms with Crippen molar-refractivity contribution in [2.75, 3.05) is 0 Å². The molecule has 6 heteroatoms. The third kappa shape index (κ3) is 3.17. The first-order valence-electron chi connectivity index (χ1n) is 6.42. The van der Waals surface area contributed by atoms with Crippen LogP contribution < -0.4 is 5.32 Å². The summed E-state index contributed by atoms with van der Waals surface area (Å²) in [5.74, 6) is -0.117. The van der Waals surface area contributed by atoms with Gasteiger partial charge in [0, 0.05) is 17.3 Å². The summed E-state index contributed by atoms with van der Waals surface area (Å²) in [7, 11) is 0. The Labute approximate surface area is 130 Å². The topological polar surface area (TPSA) is 54.9 Å². The first-order valence-corrected chi connectivity index (χ1v) is 8.12. The molecular formula is C15H13N3OS2. The minimum absolute atomic E-state index is 0.117. The lowest BCUT2D eigenvalue weighted by atomic mass is 10.2. The van der Waals surface area contributed by atoms with Gasteiger partial charge in [-0.15, -0.1) is 22.7 Å². The van der Waals surface area contributed by atoms with Crippen LogP contribution in [-0.4, -0.2) is 15.9 Å². The zero-order chi connectivity index (χ0) is 14.7. The van der Waals surface area contributed by atoms with Crippen molar-refractivity contribution in [2.24, 2.45) is 0 Å². The number of amides is 1. The number of thiophene rings is 1. The van der Waals surface area contributed by atoms with Gasteiger partial charge in [0.2, 0.25) is 0 Å². The van der Waals surface area contributed by atoms with Gasteiger partial charge < -0.3 is 5.32 Å². The lowest BCUT2D eigenvalue weighted by molar-refractivity contribution is 0.0951. The molecule has 4 nitrogen and oxygen atoms in total. The van der Waals surface area contributed by atoms with Crippen molar-refractivity contribution in [1.82, 2.24) is 15.3 Å². The first kappa shape index (κ1) is 13.9. The van der Waals surface area contributed by atoms with Crippen molar-refractivity contribution < 1.29 is 4.79 Å². The lowest BCUT2D eigenvalue weighted by Crippen LogP contribution is -2.22. The van der Waals surface area contributed by atoms with Crippen LogP contribution in [0.4, 0.5) is 0 Å². The highest BCUT2D eigenvalue weighted by atomic mass is 32.1. The molecule has 3 aromatic rings. The molecule has 1 amide bonds. The summed E-state index contributed by atoms with van der Waals surface area (Å²) in [5, 5.41) is 5.95. The standard InChI is InChI=1S/C15H13N3OS2/c1-10-13(21-15(18-10)12-5-3-7-20-12)9-17-14(19)11-4-2-6-16-8-11/h2-8H,9H2,1H3,(H,17,19). The predicted molar refractivity (Wildman–Crippen MR) is 85.6 cm³/mol. The first-order chi connectivity index (χ1) is 10.2. The van der Waals surface area contributed by atoms with Gasteiger partial charge in [0.05, 0.1) is 22.7 Å². The average molecular weight is 315 g/mol. The summed E-state index contributed by atoms with van der Waals surface area (Å²) < 4.78 is 0. The fourth-order valence-electron chi connectivity index (χ4n) is 1.86. The van der Waals surface area contributed by atoms with Crippen LogP contribution in [0.15, 0.2) is 42.0 Å². The van der Waals surface area contributed by atoms with Crippen molar-refractivity contribution >= 4 is 28.6 Å². The molecule has 0 unspecified atom stereocenters. The van der Waals surface area contributed by atoms with Gasteiger partial charge in [-0.05, 0) is 30.5 Å². The molecule has 0 radical (unpaired) electrons. The number of thiazole rings is 1. The van der Waals surface area contributed by atoms with E-state index in [1.165, 1.54) is 0 Å². The van der Waals surface area contributed by atoms with Gasteiger partial charge >= 0.3 is 0 Å². The molecule has 0 atom stereocenters. The van der Waals surface area contributed by atoms with Gasteiger partial charge in [0.15, 0.2) is 0 Å². The number of carbonyl (C=O) groups is 1. The van der Waals surface area contributed by atoms with Gasteiger partial charge in [-0.3, -0.25) is 9.78 Å². The SMILES string of the molecule is Cc1nc(-c2cccs2)sc1CNC(=O)c1cccnc1. The largest absolute Gasteiger partial charge is 0.347 e. The molecule has 21 heavy (non-hydrogen) atoms. The fourth-order valence-corrected chi connectivity index (χ4v) is 3.66. The van der Waals surface area contributed by atoms with E-state index in [0.717, 1.165) is 20.5 Å². The van der Waals surface area contributed by atoms with Crippen molar-refractivity contribution in [3.8, 4) is 9.88 Å². The zero-order valence-electron chi connectivity index (χ0n) is 11.4. The van der Waals surface area contributed by atoms with Crippen LogP contribution in [0.5, 0.6) is 0 Å². The van der Waals surface area contributed by atoms with Gasteiger partial charge in [-0.2, -0.15) is 0 Å². The van der Waals surface area contributed by atoms with Gasteiger partial charge in [0.1, 0.15) is 5.01 Å². The Balaban J connectivity index is 1.70. The number of hydrogen-bond donors (Lipinski definition) is 1. The zero-order valence-corrected chi connectivity index (χ0v) is 13.0. The molecule has 0 aliphatic rings. The number of carbonyl (C=O) groups excluding carboxylic acids is 1. The van der Waals surface area contributed by atoms with Crippen LogP contribution in [0.25, 0.3) is 9.88 Å². The highest BCUT2D eigenvalue weighted by molar-refractivity contribution is 7.21. The highest BCUT2D eigenvalue weighted by Gasteiger charge is 2.12. The molecule has 3 aromatic heterocycles. The average Bonchev–Trinajstić information content (AvgIpc) is 3.15. The summed E-state index contributed by atoms with van der Waals surface area (Å²) >= 11 is 3.29. The Morgan fingerprint density at radius 2 is 2.24 bits per heavy atom. The van der Waals surface area contributed by atoms with Gasteiger partial charge in [0.25, 0.3) is 5.91 Å². The summed E-state index contributed by atoms with van der Waals surface area (Å²) in [6, 6.07) is 7.57. The Morgan fingerprint density at radius 1 is 1.33 bits per heavy atom. The van der Waals surface area contributed by atoms with Crippen molar-refractivity contribution in [2.45, 2.75) is 13.5 Å². The predicted octanol–water partition coefficient (Wildman–Crippen LogP) is 3.51. The monoisotopic (exact) mass is 315 g/mol. The van der Waals surface area contributed by atoms with E-state index in [9.17, 15) is 4.79 Å². The second kappa shape index (κ2) is 6.15. The lowest BCUT2D eigenvalue weighted by Gasteiger charge is -2.03. The summed E-state index contributed by atoms with van der Waals surface area (Å²) in [4.78, 5) is 22.8. The number of aryl methyl sites for hydroxylation is 1. The van der Waals surface area contributed by atoms with E-state index < -0.39 is 0 Å². The van der Waals surface area contributed by atoms with Crippen LogP contribution in [0.1, 0.15) is 20.9 Å². The number of nitrogens with zero attached hydrogens (tertiary/aromatic N) is 2. The second-order valence-electron chi connectivity index (χ2n) is 4.43. The highest BCUT2D eigenvalue weighted by Crippen LogP contribution is 2.30. The van der Waals surface area contributed by atoms with Crippen molar-refractivity contribution in [3.05, 3.63) is 58.2 Å². The van der Waals surface area contributed by atoms with Crippen LogP contribution in [0.2, 0.25) is 0 Å². The second-order valence-corrected chi connectivity index (χ2v) is 6.46. The number of hydrogen-bond acceptors (Lipinski definition) is 5. The molecule has 0 bridgehead atoms. The van der Waals surface area contributed by atoms with E-state index in [0.29, 0.717) is 12.1 Å². The molecule has 0 aromatic carbocycles. The van der Waals surface area contributed by atoms with E-state index in [-0.39, 0.29) is 5.91 Å². The van der Waals surface area contributed by atoms with Crippen LogP contribution >= 0.6 is 22.7 Å². The Bertz CT molecular complexity index is 736. The smallest absolute Gasteiger partial charge is 0.253 e. The fraction of sp³-hybridized carbons (Fsp3) is 0.133. The molecule has 1 N–H and O–H groups in total. The van der Waals surface area contributed by atoms with Crippen LogP contribution in [-0.2, 0) is 6.54 Å². The third-order valence-electron chi connectivity index (χ3n) is 2.96. The van der Waals surface area contributed by atoms with Crippen LogP contribution in [0.3, 0.4) is 0 Å². The normalized spacial score (nSPS) is 10.5. The van der Waals surface area contributed by atoms with E-state index in [1.807, 2.05) is 18.4 Å². The molecule has 106 valence electrons. The number of pyridine rings is 1. The van der Waals surface area contributed by atoms with Gasteiger partial charge in [-0.1, -0.05) is 6.07 Å². The van der Waals surface area contributed by atoms with E-state index >= 15 is 0 Å². The number of aromatic nitrogens is 2.